The SMILES string of the molecule is Cc1c(C(=O)NC2CC3CCC2C3)cccc1N(C)S(C)(=O)=O. The molecule has 126 valence electrons. The monoisotopic (exact) mass is 336 g/mol. The molecule has 1 amide bonds. The summed E-state index contributed by atoms with van der Waals surface area (Å²) in [6, 6.07) is 5.50. The summed E-state index contributed by atoms with van der Waals surface area (Å²) in [6.45, 7) is 1.80. The van der Waals surface area contributed by atoms with E-state index in [0.29, 0.717) is 22.7 Å². The normalized spacial score (nSPS) is 26.3. The number of carbonyl (C=O) groups is 1. The molecule has 0 aromatic heterocycles. The molecule has 2 saturated carbocycles. The minimum atomic E-state index is -3.35. The van der Waals surface area contributed by atoms with Crippen LogP contribution in [0.3, 0.4) is 0 Å². The van der Waals surface area contributed by atoms with Gasteiger partial charge < -0.3 is 5.32 Å². The number of carbonyl (C=O) groups excluding carboxylic acids is 1. The molecule has 3 rings (SSSR count). The van der Waals surface area contributed by atoms with E-state index in [9.17, 15) is 13.2 Å². The molecule has 0 saturated heterocycles. The fraction of sp³-hybridized carbons (Fsp3) is 0.588. The van der Waals surface area contributed by atoms with Crippen molar-refractivity contribution < 1.29 is 13.2 Å². The van der Waals surface area contributed by atoms with E-state index < -0.39 is 10.0 Å². The summed E-state index contributed by atoms with van der Waals surface area (Å²) >= 11 is 0. The van der Waals surface area contributed by atoms with Gasteiger partial charge in [-0.3, -0.25) is 9.10 Å². The molecule has 6 heteroatoms. The lowest BCUT2D eigenvalue weighted by atomic mass is 9.95. The Morgan fingerprint density at radius 1 is 1.26 bits per heavy atom. The molecule has 0 radical (unpaired) electrons. The van der Waals surface area contributed by atoms with Gasteiger partial charge in [-0.25, -0.2) is 8.42 Å². The van der Waals surface area contributed by atoms with E-state index in [4.69, 9.17) is 0 Å². The zero-order valence-corrected chi connectivity index (χ0v) is 14.7. The van der Waals surface area contributed by atoms with Crippen molar-refractivity contribution in [2.75, 3.05) is 17.6 Å². The van der Waals surface area contributed by atoms with Crippen LogP contribution in [0.15, 0.2) is 18.2 Å². The highest BCUT2D eigenvalue weighted by atomic mass is 32.2. The maximum atomic E-state index is 12.6. The summed E-state index contributed by atoms with van der Waals surface area (Å²) in [7, 11) is -1.84. The highest BCUT2D eigenvalue weighted by Crippen LogP contribution is 2.44. The van der Waals surface area contributed by atoms with Crippen LogP contribution in [0.25, 0.3) is 0 Å². The molecule has 2 fully saturated rings. The van der Waals surface area contributed by atoms with Crippen LogP contribution in [0.5, 0.6) is 0 Å². The van der Waals surface area contributed by atoms with Gasteiger partial charge in [0, 0.05) is 18.7 Å². The minimum absolute atomic E-state index is 0.0937. The van der Waals surface area contributed by atoms with Gasteiger partial charge in [-0.1, -0.05) is 12.5 Å². The van der Waals surface area contributed by atoms with Crippen LogP contribution in [0.4, 0.5) is 5.69 Å². The molecule has 3 atom stereocenters. The van der Waals surface area contributed by atoms with E-state index in [-0.39, 0.29) is 11.9 Å². The summed E-state index contributed by atoms with van der Waals surface area (Å²) in [5.74, 6) is 1.30. The third-order valence-electron chi connectivity index (χ3n) is 5.44. The zero-order valence-electron chi connectivity index (χ0n) is 13.9. The molecule has 1 aromatic carbocycles. The highest BCUT2D eigenvalue weighted by Gasteiger charge is 2.40. The van der Waals surface area contributed by atoms with Crippen LogP contribution >= 0.6 is 0 Å². The van der Waals surface area contributed by atoms with Crippen molar-refractivity contribution in [3.63, 3.8) is 0 Å². The number of nitrogens with zero attached hydrogens (tertiary/aromatic N) is 1. The van der Waals surface area contributed by atoms with Gasteiger partial charge in [0.25, 0.3) is 5.91 Å². The van der Waals surface area contributed by atoms with Crippen LogP contribution in [0, 0.1) is 18.8 Å². The van der Waals surface area contributed by atoms with Gasteiger partial charge in [0.05, 0.1) is 11.9 Å². The first-order valence-corrected chi connectivity index (χ1v) is 9.96. The van der Waals surface area contributed by atoms with Gasteiger partial charge in [0.15, 0.2) is 0 Å². The van der Waals surface area contributed by atoms with E-state index in [1.807, 2.05) is 0 Å². The van der Waals surface area contributed by atoms with Gasteiger partial charge >= 0.3 is 0 Å². The van der Waals surface area contributed by atoms with Crippen LogP contribution in [-0.4, -0.2) is 33.7 Å². The molecule has 23 heavy (non-hydrogen) atoms. The lowest BCUT2D eigenvalue weighted by Gasteiger charge is -2.24. The smallest absolute Gasteiger partial charge is 0.251 e. The molecule has 2 bridgehead atoms. The van der Waals surface area contributed by atoms with Crippen LogP contribution in [0.1, 0.15) is 41.6 Å². The van der Waals surface area contributed by atoms with Crippen molar-refractivity contribution in [3.8, 4) is 0 Å². The van der Waals surface area contributed by atoms with E-state index in [1.54, 1.807) is 25.1 Å². The van der Waals surface area contributed by atoms with Crippen molar-refractivity contribution >= 4 is 21.6 Å². The Hall–Kier alpha value is -1.56. The third kappa shape index (κ3) is 3.09. The van der Waals surface area contributed by atoms with Crippen LogP contribution in [0.2, 0.25) is 0 Å². The van der Waals surface area contributed by atoms with E-state index in [1.165, 1.54) is 30.6 Å². The van der Waals surface area contributed by atoms with Crippen molar-refractivity contribution in [1.29, 1.82) is 0 Å². The number of benzene rings is 1. The molecular formula is C17H24N2O3S. The molecular weight excluding hydrogens is 312 g/mol. The second kappa shape index (κ2) is 5.82. The molecule has 2 aliphatic carbocycles. The molecule has 3 unspecified atom stereocenters. The zero-order chi connectivity index (χ0) is 16.8. The van der Waals surface area contributed by atoms with Gasteiger partial charge in [-0.05, 0) is 55.7 Å². The largest absolute Gasteiger partial charge is 0.349 e. The Bertz CT molecular complexity index is 729. The summed E-state index contributed by atoms with van der Waals surface area (Å²) < 4.78 is 24.7. The molecule has 0 aliphatic heterocycles. The number of hydrogen-bond acceptors (Lipinski definition) is 3. The lowest BCUT2D eigenvalue weighted by Crippen LogP contribution is -2.39. The lowest BCUT2D eigenvalue weighted by molar-refractivity contribution is 0.0922. The predicted octanol–water partition coefficient (Wildman–Crippen LogP) is 2.31. The fourth-order valence-electron chi connectivity index (χ4n) is 4.06. The van der Waals surface area contributed by atoms with Gasteiger partial charge in [0.1, 0.15) is 0 Å². The van der Waals surface area contributed by atoms with Crippen molar-refractivity contribution in [1.82, 2.24) is 5.32 Å². The molecule has 0 heterocycles. The number of rotatable bonds is 4. The first kappa shape index (κ1) is 16.3. The van der Waals surface area contributed by atoms with Crippen LogP contribution < -0.4 is 9.62 Å². The Kier molecular flexibility index (Phi) is 4.12. The Balaban J connectivity index is 1.81. The quantitative estimate of drug-likeness (QED) is 0.917. The molecule has 0 spiro atoms. The predicted molar refractivity (Wildman–Crippen MR) is 91.1 cm³/mol. The first-order valence-electron chi connectivity index (χ1n) is 8.11. The molecule has 1 N–H and O–H groups in total. The van der Waals surface area contributed by atoms with Crippen LogP contribution in [-0.2, 0) is 10.0 Å². The average molecular weight is 336 g/mol. The minimum Gasteiger partial charge on any atom is -0.349 e. The highest BCUT2D eigenvalue weighted by molar-refractivity contribution is 7.92. The van der Waals surface area contributed by atoms with Crippen molar-refractivity contribution in [2.45, 2.75) is 38.6 Å². The van der Waals surface area contributed by atoms with Gasteiger partial charge in [-0.2, -0.15) is 0 Å². The number of sulfonamides is 1. The molecule has 1 aromatic rings. The van der Waals surface area contributed by atoms with Gasteiger partial charge in [-0.15, -0.1) is 0 Å². The standard InChI is InChI=1S/C17H24N2O3S/c1-11-14(5-4-6-16(11)19(2)23(3,21)22)17(20)18-15-10-12-7-8-13(15)9-12/h4-6,12-13,15H,7-10H2,1-3H3,(H,18,20). The molecule has 5 nitrogen and oxygen atoms in total. The Labute approximate surface area is 138 Å². The summed E-state index contributed by atoms with van der Waals surface area (Å²) in [5, 5.41) is 3.17. The number of nitrogens with one attached hydrogen (secondary N) is 1. The Morgan fingerprint density at radius 2 is 2.00 bits per heavy atom. The number of amides is 1. The van der Waals surface area contributed by atoms with E-state index >= 15 is 0 Å². The second-order valence-electron chi connectivity index (χ2n) is 6.94. The number of anilines is 1. The second-order valence-corrected chi connectivity index (χ2v) is 8.95. The van der Waals surface area contributed by atoms with Crippen molar-refractivity contribution in [2.24, 2.45) is 11.8 Å². The first-order chi connectivity index (χ1) is 10.8. The van der Waals surface area contributed by atoms with Gasteiger partial charge in [0.2, 0.25) is 10.0 Å². The van der Waals surface area contributed by atoms with E-state index in [0.717, 1.165) is 18.6 Å². The summed E-state index contributed by atoms with van der Waals surface area (Å²) in [4.78, 5) is 12.6. The molecule has 2 aliphatic rings. The fourth-order valence-corrected chi connectivity index (χ4v) is 4.61. The van der Waals surface area contributed by atoms with E-state index in [2.05, 4.69) is 5.32 Å². The summed E-state index contributed by atoms with van der Waals surface area (Å²) in [6.07, 6.45) is 5.99. The number of hydrogen-bond donors (Lipinski definition) is 1. The third-order valence-corrected chi connectivity index (χ3v) is 6.63. The maximum absolute atomic E-state index is 12.6. The average Bonchev–Trinajstić information content (AvgIpc) is 3.08. The van der Waals surface area contributed by atoms with Crippen molar-refractivity contribution in [3.05, 3.63) is 29.3 Å². The topological polar surface area (TPSA) is 66.5 Å². The maximum Gasteiger partial charge on any atom is 0.251 e. The Morgan fingerprint density at radius 3 is 2.57 bits per heavy atom. The summed E-state index contributed by atoms with van der Waals surface area (Å²) in [5.41, 5.74) is 1.80. The number of fused-ring (bicyclic) bond motifs is 2.